The Balaban J connectivity index is 0.000000180. The third-order valence-electron chi connectivity index (χ3n) is 0.566. The van der Waals surface area contributed by atoms with Gasteiger partial charge in [0.15, 0.2) is 0 Å². The second-order valence-electron chi connectivity index (χ2n) is 1.54. The first-order valence-electron chi connectivity index (χ1n) is 2.78. The monoisotopic (exact) mass is 131 g/mol. The standard InChI is InChI=1S/C5H5N.CHO2.Li/c1-2-4-6-5-3-1;2-1-3;/h1-5H;(H,2,3);. The number of rotatable bonds is 0. The Morgan fingerprint density at radius 2 is 1.70 bits per heavy atom. The first-order chi connectivity index (χ1) is 4.73. The van der Waals surface area contributed by atoms with Crippen molar-refractivity contribution in [2.75, 3.05) is 0 Å². The van der Waals surface area contributed by atoms with Gasteiger partial charge in [0.05, 0.1) is 0 Å². The van der Waals surface area contributed by atoms with Gasteiger partial charge in [-0.05, 0) is 12.1 Å². The quantitative estimate of drug-likeness (QED) is 0.532. The van der Waals surface area contributed by atoms with E-state index in [0.29, 0.717) is 0 Å². The molecule has 0 saturated carbocycles. The maximum absolute atomic E-state index is 9.00. The Kier molecular flexibility index (Phi) is 5.84. The van der Waals surface area contributed by atoms with E-state index in [1.54, 1.807) is 12.4 Å². The molecule has 0 aliphatic carbocycles. The minimum Gasteiger partial charge on any atom is -0.265 e. The van der Waals surface area contributed by atoms with Crippen LogP contribution in [-0.2, 0) is 0 Å². The number of hydrogen-bond acceptors (Lipinski definition) is 2. The minimum absolute atomic E-state index is 0.833. The average molecular weight is 131 g/mol. The zero-order valence-electron chi connectivity index (χ0n) is 5.69. The summed E-state index contributed by atoms with van der Waals surface area (Å²) in [6, 6.07) is 5.72. The van der Waals surface area contributed by atoms with E-state index in [4.69, 9.17) is 9.90 Å². The van der Waals surface area contributed by atoms with Crippen molar-refractivity contribution in [3.63, 3.8) is 0 Å². The summed E-state index contributed by atoms with van der Waals surface area (Å²) < 4.78 is -0.833. The Hall–Kier alpha value is -0.783. The van der Waals surface area contributed by atoms with Gasteiger partial charge in [0, 0.05) is 12.4 Å². The molecular weight excluding hydrogens is 125 g/mol. The number of aromatic nitrogens is 1. The third-order valence-corrected chi connectivity index (χ3v) is 0.566. The van der Waals surface area contributed by atoms with Gasteiger partial charge in [0.1, 0.15) is 0 Å². The average Bonchev–Trinajstić information content (AvgIpc) is 1.90. The molecule has 0 fully saturated rings. The van der Waals surface area contributed by atoms with Crippen LogP contribution in [0.3, 0.4) is 0 Å². The number of hydrogen-bond donors (Lipinski definition) is 1. The van der Waals surface area contributed by atoms with Crippen molar-refractivity contribution in [1.82, 2.24) is 4.98 Å². The van der Waals surface area contributed by atoms with Crippen LogP contribution in [0.1, 0.15) is 0 Å². The van der Waals surface area contributed by atoms with Gasteiger partial charge in [0.2, 0.25) is 0 Å². The van der Waals surface area contributed by atoms with Gasteiger partial charge in [-0.3, -0.25) is 4.98 Å². The molecule has 0 saturated heterocycles. The Bertz CT molecular complexity index is 148. The summed E-state index contributed by atoms with van der Waals surface area (Å²) in [6.45, 7) is 0. The predicted octanol–water partition coefficient (Wildman–Crippen LogP) is 0.914. The zero-order chi connectivity index (χ0) is 7.82. The molecule has 1 rings (SSSR count). The van der Waals surface area contributed by atoms with E-state index >= 15 is 0 Å². The molecule has 1 heterocycles. The summed E-state index contributed by atoms with van der Waals surface area (Å²) in [6.07, 6.45) is 3.50. The van der Waals surface area contributed by atoms with Gasteiger partial charge < -0.3 is 0 Å². The van der Waals surface area contributed by atoms with Crippen LogP contribution in [0.2, 0.25) is 0 Å². The minimum atomic E-state index is -0.833. The van der Waals surface area contributed by atoms with E-state index in [0.717, 1.165) is 17.7 Å². The predicted molar refractivity (Wildman–Crippen MR) is 38.0 cm³/mol. The molecule has 1 aromatic rings. The third kappa shape index (κ3) is 10.2. The second-order valence-corrected chi connectivity index (χ2v) is 1.54. The fourth-order valence-electron chi connectivity index (χ4n) is 0.313. The van der Waals surface area contributed by atoms with Crippen LogP contribution in [0.4, 0.5) is 4.79 Å². The largest absolute Gasteiger partial charge is 0.265 e. The van der Waals surface area contributed by atoms with Crippen molar-refractivity contribution < 1.29 is 9.90 Å². The van der Waals surface area contributed by atoms with Gasteiger partial charge in [-0.15, -0.1) is 0 Å². The fraction of sp³-hybridized carbons (Fsp3) is 0. The van der Waals surface area contributed by atoms with Gasteiger partial charge in [-0.2, -0.15) is 0 Å². The molecule has 0 aliphatic rings. The topological polar surface area (TPSA) is 50.2 Å². The van der Waals surface area contributed by atoms with E-state index in [9.17, 15) is 0 Å². The van der Waals surface area contributed by atoms with Crippen LogP contribution < -0.4 is 0 Å². The number of carboxylic acid groups (broad SMARTS) is 1. The van der Waals surface area contributed by atoms with E-state index < -0.39 is 4.64 Å². The molecule has 4 heteroatoms. The van der Waals surface area contributed by atoms with Crippen molar-refractivity contribution in [1.29, 1.82) is 0 Å². The van der Waals surface area contributed by atoms with Crippen molar-refractivity contribution in [3.05, 3.63) is 30.6 Å². The molecule has 0 atom stereocenters. The Morgan fingerprint density at radius 3 is 1.80 bits per heavy atom. The molecule has 0 aromatic carbocycles. The van der Waals surface area contributed by atoms with Crippen LogP contribution in [0, 0.1) is 0 Å². The van der Waals surface area contributed by atoms with Crippen LogP contribution in [-0.4, -0.2) is 32.4 Å². The summed E-state index contributed by atoms with van der Waals surface area (Å²) >= 11 is 1.08. The van der Waals surface area contributed by atoms with Crippen LogP contribution in [0.25, 0.3) is 0 Å². The maximum atomic E-state index is 9.00. The Labute approximate surface area is 68.3 Å². The molecule has 0 amide bonds. The smallest absolute Gasteiger partial charge is 0.0267 e. The molecular formula is C6H6LiNO2. The fourth-order valence-corrected chi connectivity index (χ4v) is 0.313. The van der Waals surface area contributed by atoms with Gasteiger partial charge in [-0.1, -0.05) is 6.07 Å². The number of nitrogens with zero attached hydrogens (tertiary/aromatic N) is 1. The van der Waals surface area contributed by atoms with E-state index in [2.05, 4.69) is 4.98 Å². The van der Waals surface area contributed by atoms with Crippen LogP contribution in [0.5, 0.6) is 0 Å². The second kappa shape index (κ2) is 6.34. The molecule has 0 spiro atoms. The van der Waals surface area contributed by atoms with Gasteiger partial charge in [-0.25, -0.2) is 0 Å². The van der Waals surface area contributed by atoms with Crippen molar-refractivity contribution >= 4 is 22.4 Å². The first kappa shape index (κ1) is 9.22. The molecule has 10 heavy (non-hydrogen) atoms. The van der Waals surface area contributed by atoms with Gasteiger partial charge in [0.25, 0.3) is 0 Å². The van der Waals surface area contributed by atoms with Crippen molar-refractivity contribution in [3.8, 4) is 0 Å². The normalized spacial score (nSPS) is 7.40. The Morgan fingerprint density at radius 1 is 1.30 bits per heavy atom. The molecule has 3 nitrogen and oxygen atoms in total. The molecule has 0 bridgehead atoms. The number of carbonyl (C=O) groups is 1. The summed E-state index contributed by atoms with van der Waals surface area (Å²) in [5, 5.41) is 7.42. The van der Waals surface area contributed by atoms with Crippen molar-refractivity contribution in [2.45, 2.75) is 0 Å². The van der Waals surface area contributed by atoms with Crippen LogP contribution in [0.15, 0.2) is 30.6 Å². The maximum Gasteiger partial charge on any atom is 0.0267 e. The van der Waals surface area contributed by atoms with Crippen LogP contribution >= 0.6 is 0 Å². The van der Waals surface area contributed by atoms with E-state index in [1.807, 2.05) is 18.2 Å². The van der Waals surface area contributed by atoms with E-state index in [1.165, 1.54) is 0 Å². The van der Waals surface area contributed by atoms with E-state index in [-0.39, 0.29) is 0 Å². The van der Waals surface area contributed by atoms with Gasteiger partial charge >= 0.3 is 32.3 Å². The SMILES string of the molecule is [Li][C](=O)O.c1ccncc1. The van der Waals surface area contributed by atoms with Crippen molar-refractivity contribution in [2.24, 2.45) is 0 Å². The summed E-state index contributed by atoms with van der Waals surface area (Å²) in [5.74, 6) is 0. The molecule has 0 unspecified atom stereocenters. The summed E-state index contributed by atoms with van der Waals surface area (Å²) in [4.78, 5) is 12.8. The molecule has 1 aromatic heterocycles. The number of pyridine rings is 1. The summed E-state index contributed by atoms with van der Waals surface area (Å²) in [5.41, 5.74) is 0. The zero-order valence-corrected chi connectivity index (χ0v) is 5.69. The molecule has 48 valence electrons. The molecule has 1 N–H and O–H groups in total. The molecule has 0 aliphatic heterocycles. The first-order valence-corrected chi connectivity index (χ1v) is 2.78. The summed E-state index contributed by atoms with van der Waals surface area (Å²) in [7, 11) is 0. The molecule has 0 radical (unpaired) electrons.